The minimum atomic E-state index is -0.728. The first-order valence-electron chi connectivity index (χ1n) is 12.1. The third-order valence-corrected chi connectivity index (χ3v) is 7.53. The number of hydrogen-bond acceptors (Lipinski definition) is 4. The Morgan fingerprint density at radius 1 is 1.09 bits per heavy atom. The van der Waals surface area contributed by atoms with Crippen LogP contribution in [0.4, 0.5) is 4.79 Å². The van der Waals surface area contributed by atoms with Gasteiger partial charge >= 0.3 is 6.03 Å². The highest BCUT2D eigenvalue weighted by molar-refractivity contribution is 6.07. The highest BCUT2D eigenvalue weighted by Gasteiger charge is 2.54. The molecule has 3 aliphatic heterocycles. The molecule has 4 rings (SSSR count). The summed E-state index contributed by atoms with van der Waals surface area (Å²) in [5.41, 5.74) is 1.47. The molecular weight excluding hydrogens is 404 g/mol. The molecule has 1 N–H and O–H groups in total. The Labute approximate surface area is 191 Å². The quantitative estimate of drug-likeness (QED) is 0.715. The first-order valence-corrected chi connectivity index (χ1v) is 12.1. The van der Waals surface area contributed by atoms with Crippen LogP contribution in [0.3, 0.4) is 0 Å². The number of carbonyl (C=O) groups excluding carboxylic acids is 3. The summed E-state index contributed by atoms with van der Waals surface area (Å²) in [5, 5.41) is 3.04. The molecule has 7 nitrogen and oxygen atoms in total. The topological polar surface area (TPSA) is 73.0 Å². The van der Waals surface area contributed by atoms with E-state index in [9.17, 15) is 14.4 Å². The molecule has 1 aromatic carbocycles. The molecule has 174 valence electrons. The normalized spacial score (nSPS) is 23.0. The van der Waals surface area contributed by atoms with Crippen LogP contribution in [0, 0.1) is 6.92 Å². The lowest BCUT2D eigenvalue weighted by molar-refractivity contribution is -0.137. The molecule has 3 heterocycles. The van der Waals surface area contributed by atoms with Gasteiger partial charge in [0.15, 0.2) is 0 Å². The number of hydrogen-bond donors (Lipinski definition) is 1. The third-order valence-electron chi connectivity index (χ3n) is 7.53. The Kier molecular flexibility index (Phi) is 6.56. The van der Waals surface area contributed by atoms with E-state index >= 15 is 0 Å². The van der Waals surface area contributed by atoms with Crippen LogP contribution in [0.15, 0.2) is 24.3 Å². The number of nitrogens with zero attached hydrogens (tertiary/aromatic N) is 3. The van der Waals surface area contributed by atoms with Gasteiger partial charge < -0.3 is 15.1 Å². The van der Waals surface area contributed by atoms with Gasteiger partial charge in [0.1, 0.15) is 5.54 Å². The smallest absolute Gasteiger partial charge is 0.325 e. The minimum absolute atomic E-state index is 0.0588. The number of benzene rings is 1. The largest absolute Gasteiger partial charge is 0.342 e. The SMILES string of the molecule is CCCN1CCC2(CC1)NC(=O)N(C1CCN(C(=O)C(C)c3ccc(C)cc3)CC1)C2=O. The number of rotatable bonds is 5. The molecule has 0 aromatic heterocycles. The summed E-state index contributed by atoms with van der Waals surface area (Å²) in [6.07, 6.45) is 3.74. The number of likely N-dealkylation sites (tertiary alicyclic amines) is 2. The summed E-state index contributed by atoms with van der Waals surface area (Å²) < 4.78 is 0. The van der Waals surface area contributed by atoms with Gasteiger partial charge in [-0.2, -0.15) is 0 Å². The standard InChI is InChI=1S/C25H36N4O3/c1-4-13-27-16-11-25(12-17-27)23(31)29(24(32)26-25)21-9-14-28(15-10-21)22(30)19(3)20-7-5-18(2)6-8-20/h5-8,19,21H,4,9-17H2,1-3H3,(H,26,32). The van der Waals surface area contributed by atoms with Crippen molar-refractivity contribution in [3.05, 3.63) is 35.4 Å². The zero-order valence-corrected chi connectivity index (χ0v) is 19.6. The van der Waals surface area contributed by atoms with E-state index in [1.165, 1.54) is 10.5 Å². The highest BCUT2D eigenvalue weighted by Crippen LogP contribution is 2.33. The van der Waals surface area contributed by atoms with Gasteiger partial charge in [0.25, 0.3) is 5.91 Å². The van der Waals surface area contributed by atoms with Crippen molar-refractivity contribution in [1.29, 1.82) is 0 Å². The van der Waals surface area contributed by atoms with Crippen molar-refractivity contribution in [1.82, 2.24) is 20.0 Å². The van der Waals surface area contributed by atoms with Gasteiger partial charge in [-0.25, -0.2) is 4.79 Å². The Morgan fingerprint density at radius 2 is 1.72 bits per heavy atom. The van der Waals surface area contributed by atoms with Gasteiger partial charge in [0.2, 0.25) is 5.91 Å². The molecular formula is C25H36N4O3. The summed E-state index contributed by atoms with van der Waals surface area (Å²) >= 11 is 0. The van der Waals surface area contributed by atoms with Crippen LogP contribution in [-0.2, 0) is 9.59 Å². The van der Waals surface area contributed by atoms with Gasteiger partial charge in [-0.3, -0.25) is 14.5 Å². The van der Waals surface area contributed by atoms with Crippen molar-refractivity contribution < 1.29 is 14.4 Å². The Balaban J connectivity index is 1.35. The molecule has 0 bridgehead atoms. The number of amides is 4. The van der Waals surface area contributed by atoms with Gasteiger partial charge in [-0.15, -0.1) is 0 Å². The van der Waals surface area contributed by atoms with E-state index in [0.29, 0.717) is 38.8 Å². The predicted molar refractivity (Wildman–Crippen MR) is 123 cm³/mol. The van der Waals surface area contributed by atoms with Crippen molar-refractivity contribution in [3.8, 4) is 0 Å². The summed E-state index contributed by atoms with van der Waals surface area (Å²) in [6.45, 7) is 10.0. The second-order valence-corrected chi connectivity index (χ2v) is 9.72. The lowest BCUT2D eigenvalue weighted by Crippen LogP contribution is -2.55. The number of imide groups is 1. The molecule has 4 amide bonds. The monoisotopic (exact) mass is 440 g/mol. The summed E-state index contributed by atoms with van der Waals surface area (Å²) in [6, 6.07) is 7.72. The molecule has 32 heavy (non-hydrogen) atoms. The summed E-state index contributed by atoms with van der Waals surface area (Å²) in [5.74, 6) is -0.138. The van der Waals surface area contributed by atoms with Crippen LogP contribution in [0.1, 0.15) is 63.0 Å². The van der Waals surface area contributed by atoms with Crippen molar-refractivity contribution in [3.63, 3.8) is 0 Å². The molecule has 3 saturated heterocycles. The van der Waals surface area contributed by atoms with Gasteiger partial charge in [0.05, 0.1) is 5.92 Å². The van der Waals surface area contributed by atoms with E-state index in [2.05, 4.69) is 17.1 Å². The Hall–Kier alpha value is -2.41. The molecule has 0 saturated carbocycles. The number of aryl methyl sites for hydroxylation is 1. The zero-order valence-electron chi connectivity index (χ0n) is 19.6. The average Bonchev–Trinajstić information content (AvgIpc) is 3.04. The maximum Gasteiger partial charge on any atom is 0.325 e. The van der Waals surface area contributed by atoms with Crippen molar-refractivity contribution in [2.45, 2.75) is 70.4 Å². The van der Waals surface area contributed by atoms with Crippen molar-refractivity contribution in [2.75, 3.05) is 32.7 Å². The maximum atomic E-state index is 13.3. The Bertz CT molecular complexity index is 852. The predicted octanol–water partition coefficient (Wildman–Crippen LogP) is 2.89. The molecule has 1 atom stereocenters. The molecule has 1 aromatic rings. The van der Waals surface area contributed by atoms with Crippen molar-refractivity contribution in [2.24, 2.45) is 0 Å². The molecule has 7 heteroatoms. The van der Waals surface area contributed by atoms with Crippen LogP contribution < -0.4 is 5.32 Å². The van der Waals surface area contributed by atoms with Crippen LogP contribution in [0.2, 0.25) is 0 Å². The van der Waals surface area contributed by atoms with Gasteiger partial charge in [-0.05, 0) is 58.1 Å². The fourth-order valence-corrected chi connectivity index (χ4v) is 5.40. The van der Waals surface area contributed by atoms with Crippen LogP contribution in [0.5, 0.6) is 0 Å². The molecule has 1 unspecified atom stereocenters. The maximum absolute atomic E-state index is 13.3. The lowest BCUT2D eigenvalue weighted by Gasteiger charge is -2.39. The number of piperidine rings is 2. The number of carbonyl (C=O) groups is 3. The molecule has 3 aliphatic rings. The molecule has 0 aliphatic carbocycles. The average molecular weight is 441 g/mol. The van der Waals surface area contributed by atoms with E-state index < -0.39 is 5.54 Å². The highest BCUT2D eigenvalue weighted by atomic mass is 16.2. The van der Waals surface area contributed by atoms with E-state index in [1.807, 2.05) is 43.0 Å². The summed E-state index contributed by atoms with van der Waals surface area (Å²) in [7, 11) is 0. The summed E-state index contributed by atoms with van der Waals surface area (Å²) in [4.78, 5) is 44.9. The second kappa shape index (κ2) is 9.22. The second-order valence-electron chi connectivity index (χ2n) is 9.72. The van der Waals surface area contributed by atoms with E-state index in [1.54, 1.807) is 0 Å². The van der Waals surface area contributed by atoms with Crippen LogP contribution in [-0.4, -0.2) is 76.8 Å². The van der Waals surface area contributed by atoms with E-state index in [-0.39, 0.29) is 29.8 Å². The third kappa shape index (κ3) is 4.27. The van der Waals surface area contributed by atoms with Crippen LogP contribution in [0.25, 0.3) is 0 Å². The minimum Gasteiger partial charge on any atom is -0.342 e. The Morgan fingerprint density at radius 3 is 2.31 bits per heavy atom. The van der Waals surface area contributed by atoms with Crippen molar-refractivity contribution >= 4 is 17.8 Å². The first kappa shape index (κ1) is 22.8. The number of urea groups is 1. The van der Waals surface area contributed by atoms with Gasteiger partial charge in [-0.1, -0.05) is 36.8 Å². The molecule has 3 fully saturated rings. The fourth-order valence-electron chi connectivity index (χ4n) is 5.40. The molecule has 0 radical (unpaired) electrons. The number of nitrogens with one attached hydrogen (secondary N) is 1. The van der Waals surface area contributed by atoms with Crippen LogP contribution >= 0.6 is 0 Å². The fraction of sp³-hybridized carbons (Fsp3) is 0.640. The van der Waals surface area contributed by atoms with E-state index in [0.717, 1.165) is 31.6 Å². The lowest BCUT2D eigenvalue weighted by atomic mass is 9.87. The first-order chi connectivity index (χ1) is 15.3. The van der Waals surface area contributed by atoms with E-state index in [4.69, 9.17) is 0 Å². The van der Waals surface area contributed by atoms with Gasteiger partial charge in [0, 0.05) is 32.2 Å². The zero-order chi connectivity index (χ0) is 22.9. The molecule has 1 spiro atoms.